The van der Waals surface area contributed by atoms with Crippen LogP contribution in [0.15, 0.2) is 29.3 Å². The third-order valence-electron chi connectivity index (χ3n) is 2.89. The number of nitro benzene ring substituents is 1. The lowest BCUT2D eigenvalue weighted by Crippen LogP contribution is -2.40. The van der Waals surface area contributed by atoms with Crippen LogP contribution >= 0.6 is 0 Å². The molecule has 10 nitrogen and oxygen atoms in total. The lowest BCUT2D eigenvalue weighted by Gasteiger charge is -2.14. The summed E-state index contributed by atoms with van der Waals surface area (Å²) in [7, 11) is 0. The number of aliphatic imine (C=N–C) groups is 1. The third-order valence-corrected chi connectivity index (χ3v) is 2.89. The minimum atomic E-state index is -1.19. The molecule has 124 valence electrons. The number of guanidine groups is 1. The van der Waals surface area contributed by atoms with Crippen molar-refractivity contribution >= 4 is 23.5 Å². The van der Waals surface area contributed by atoms with E-state index in [2.05, 4.69) is 10.3 Å². The normalized spacial score (nSPS) is 11.3. The van der Waals surface area contributed by atoms with E-state index < -0.39 is 22.8 Å². The van der Waals surface area contributed by atoms with E-state index in [0.717, 1.165) is 0 Å². The molecule has 1 aromatic rings. The van der Waals surface area contributed by atoms with Crippen molar-refractivity contribution in [1.29, 1.82) is 0 Å². The summed E-state index contributed by atoms with van der Waals surface area (Å²) < 4.78 is 0. The Kier molecular flexibility index (Phi) is 6.46. The van der Waals surface area contributed by atoms with Crippen molar-refractivity contribution in [3.8, 4) is 0 Å². The molecule has 0 radical (unpaired) electrons. The number of non-ortho nitro benzene ring substituents is 1. The Hall–Kier alpha value is -3.17. The molecule has 0 aliphatic rings. The van der Waals surface area contributed by atoms with Crippen molar-refractivity contribution in [3.63, 3.8) is 0 Å². The van der Waals surface area contributed by atoms with Crippen LogP contribution in [-0.4, -0.2) is 40.5 Å². The molecule has 0 aromatic heterocycles. The molecule has 0 saturated heterocycles. The first kappa shape index (κ1) is 17.9. The Bertz CT molecular complexity index is 610. The largest absolute Gasteiger partial charge is 0.480 e. The molecule has 23 heavy (non-hydrogen) atoms. The van der Waals surface area contributed by atoms with Gasteiger partial charge in [-0.15, -0.1) is 0 Å². The van der Waals surface area contributed by atoms with E-state index in [1.54, 1.807) is 0 Å². The smallest absolute Gasteiger partial charge is 0.326 e. The number of aliphatic carboxylic acids is 1. The van der Waals surface area contributed by atoms with Gasteiger partial charge in [0.15, 0.2) is 5.96 Å². The molecule has 0 aliphatic carbocycles. The van der Waals surface area contributed by atoms with E-state index in [9.17, 15) is 19.7 Å². The molecule has 0 spiro atoms. The zero-order valence-electron chi connectivity index (χ0n) is 12.1. The predicted molar refractivity (Wildman–Crippen MR) is 81.9 cm³/mol. The summed E-state index contributed by atoms with van der Waals surface area (Å²) in [6.07, 6.45) is 0.514. The van der Waals surface area contributed by atoms with Gasteiger partial charge < -0.3 is 21.9 Å². The van der Waals surface area contributed by atoms with Gasteiger partial charge in [0, 0.05) is 24.2 Å². The number of nitro groups is 1. The molecule has 0 unspecified atom stereocenters. The average Bonchev–Trinajstić information content (AvgIpc) is 2.49. The fourth-order valence-corrected chi connectivity index (χ4v) is 1.74. The zero-order valence-corrected chi connectivity index (χ0v) is 12.1. The topological polar surface area (TPSA) is 174 Å². The number of nitrogens with one attached hydrogen (secondary N) is 1. The molecule has 1 amide bonds. The number of carbonyl (C=O) groups excluding carboxylic acids is 1. The van der Waals surface area contributed by atoms with Crippen LogP contribution in [0.1, 0.15) is 23.2 Å². The van der Waals surface area contributed by atoms with Gasteiger partial charge in [0.1, 0.15) is 6.04 Å². The van der Waals surface area contributed by atoms with E-state index in [0.29, 0.717) is 6.42 Å². The highest BCUT2D eigenvalue weighted by atomic mass is 16.6. The maximum absolute atomic E-state index is 12.0. The Morgan fingerprint density at radius 2 is 1.91 bits per heavy atom. The van der Waals surface area contributed by atoms with Crippen LogP contribution in [0.5, 0.6) is 0 Å². The molecule has 6 N–H and O–H groups in total. The number of benzene rings is 1. The summed E-state index contributed by atoms with van der Waals surface area (Å²) >= 11 is 0. The highest BCUT2D eigenvalue weighted by Crippen LogP contribution is 2.12. The van der Waals surface area contributed by atoms with Crippen LogP contribution in [0.4, 0.5) is 5.69 Å². The highest BCUT2D eigenvalue weighted by Gasteiger charge is 2.20. The molecule has 1 rings (SSSR count). The first-order valence-electron chi connectivity index (χ1n) is 6.64. The van der Waals surface area contributed by atoms with Crippen LogP contribution in [0.25, 0.3) is 0 Å². The quantitative estimate of drug-likeness (QED) is 0.169. The minimum absolute atomic E-state index is 0.0909. The second kappa shape index (κ2) is 8.32. The van der Waals surface area contributed by atoms with Crippen LogP contribution in [0, 0.1) is 10.1 Å². The molecule has 0 saturated carbocycles. The Morgan fingerprint density at radius 1 is 1.30 bits per heavy atom. The van der Waals surface area contributed by atoms with E-state index >= 15 is 0 Å². The molecule has 1 atom stereocenters. The van der Waals surface area contributed by atoms with Crippen molar-refractivity contribution in [1.82, 2.24) is 5.32 Å². The number of hydrogen-bond acceptors (Lipinski definition) is 5. The first-order chi connectivity index (χ1) is 10.8. The summed E-state index contributed by atoms with van der Waals surface area (Å²) in [5, 5.41) is 22.0. The number of carboxylic acids is 1. The van der Waals surface area contributed by atoms with Gasteiger partial charge >= 0.3 is 5.97 Å². The number of carboxylic acid groups (broad SMARTS) is 1. The fourth-order valence-electron chi connectivity index (χ4n) is 1.74. The maximum atomic E-state index is 12.0. The van der Waals surface area contributed by atoms with Crippen LogP contribution in [0.2, 0.25) is 0 Å². The van der Waals surface area contributed by atoms with Crippen LogP contribution in [-0.2, 0) is 4.79 Å². The summed E-state index contributed by atoms with van der Waals surface area (Å²) in [4.78, 5) is 36.8. The van der Waals surface area contributed by atoms with E-state index in [1.165, 1.54) is 24.3 Å². The standard InChI is InChI=1S/C13H17N5O5/c14-13(15)16-7-1-2-10(12(20)21)17-11(19)8-3-5-9(6-4-8)18(22)23/h3-6,10H,1-2,7H2,(H,17,19)(H,20,21)(H4,14,15,16)/t10-/m0/s1. The highest BCUT2D eigenvalue weighted by molar-refractivity contribution is 5.96. The molecule has 0 aliphatic heterocycles. The summed E-state index contributed by atoms with van der Waals surface area (Å²) in [5.41, 5.74) is 10.3. The van der Waals surface area contributed by atoms with Gasteiger partial charge in [0.2, 0.25) is 0 Å². The van der Waals surface area contributed by atoms with Crippen LogP contribution < -0.4 is 16.8 Å². The number of carbonyl (C=O) groups is 2. The monoisotopic (exact) mass is 323 g/mol. The fraction of sp³-hybridized carbons (Fsp3) is 0.308. The third kappa shape index (κ3) is 5.99. The Balaban J connectivity index is 2.64. The van der Waals surface area contributed by atoms with E-state index in [1.807, 2.05) is 0 Å². The van der Waals surface area contributed by atoms with Crippen molar-refractivity contribution < 1.29 is 19.6 Å². The molecule has 0 heterocycles. The van der Waals surface area contributed by atoms with E-state index in [4.69, 9.17) is 16.6 Å². The Morgan fingerprint density at radius 3 is 2.39 bits per heavy atom. The molecule has 0 bridgehead atoms. The first-order valence-corrected chi connectivity index (χ1v) is 6.64. The maximum Gasteiger partial charge on any atom is 0.326 e. The summed E-state index contributed by atoms with van der Waals surface area (Å²) in [6, 6.07) is 3.75. The molecule has 1 aromatic carbocycles. The van der Waals surface area contributed by atoms with E-state index in [-0.39, 0.29) is 30.2 Å². The zero-order chi connectivity index (χ0) is 17.4. The van der Waals surface area contributed by atoms with Crippen molar-refractivity contribution in [2.24, 2.45) is 16.5 Å². The second-order valence-electron chi connectivity index (χ2n) is 4.62. The van der Waals surface area contributed by atoms with Gasteiger partial charge in [-0.25, -0.2) is 4.79 Å². The lowest BCUT2D eigenvalue weighted by atomic mass is 10.1. The van der Waals surface area contributed by atoms with Gasteiger partial charge in [-0.05, 0) is 25.0 Å². The molecule has 10 heteroatoms. The van der Waals surface area contributed by atoms with Gasteiger partial charge in [0.05, 0.1) is 4.92 Å². The molecule has 0 fully saturated rings. The number of rotatable bonds is 8. The van der Waals surface area contributed by atoms with Gasteiger partial charge in [-0.3, -0.25) is 19.9 Å². The predicted octanol–water partition coefficient (Wildman–Crippen LogP) is -0.169. The van der Waals surface area contributed by atoms with Gasteiger partial charge in [-0.1, -0.05) is 0 Å². The van der Waals surface area contributed by atoms with Gasteiger partial charge in [0.25, 0.3) is 11.6 Å². The number of hydrogen-bond donors (Lipinski definition) is 4. The van der Waals surface area contributed by atoms with Gasteiger partial charge in [-0.2, -0.15) is 0 Å². The Labute approximate surface area is 131 Å². The van der Waals surface area contributed by atoms with Crippen LogP contribution in [0.3, 0.4) is 0 Å². The number of amides is 1. The SMILES string of the molecule is NC(N)=NCCC[C@H](NC(=O)c1ccc([N+](=O)[O-])cc1)C(=O)O. The molecular weight excluding hydrogens is 306 g/mol. The number of nitrogens with zero attached hydrogens (tertiary/aromatic N) is 2. The minimum Gasteiger partial charge on any atom is -0.480 e. The van der Waals surface area contributed by atoms with Crippen molar-refractivity contribution in [2.75, 3.05) is 6.54 Å². The second-order valence-corrected chi connectivity index (χ2v) is 4.62. The van der Waals surface area contributed by atoms with Crippen molar-refractivity contribution in [3.05, 3.63) is 39.9 Å². The molecular formula is C13H17N5O5. The average molecular weight is 323 g/mol. The lowest BCUT2D eigenvalue weighted by molar-refractivity contribution is -0.384. The summed E-state index contributed by atoms with van der Waals surface area (Å²) in [6.45, 7) is 0.250. The summed E-state index contributed by atoms with van der Waals surface area (Å²) in [5.74, 6) is -1.91. The van der Waals surface area contributed by atoms with Crippen molar-refractivity contribution in [2.45, 2.75) is 18.9 Å². The number of nitrogens with two attached hydrogens (primary N) is 2.